The Labute approximate surface area is 95.5 Å². The zero-order valence-corrected chi connectivity index (χ0v) is 10.1. The van der Waals surface area contributed by atoms with E-state index in [2.05, 4.69) is 20.8 Å². The first-order valence-corrected chi connectivity index (χ1v) is 5.14. The van der Waals surface area contributed by atoms with Gasteiger partial charge in [-0.2, -0.15) is 0 Å². The summed E-state index contributed by atoms with van der Waals surface area (Å²) >= 11 is 3.18. The summed E-state index contributed by atoms with van der Waals surface area (Å²) in [6.45, 7) is 3.88. The van der Waals surface area contributed by atoms with E-state index in [1.165, 1.54) is 0 Å². The number of hydrogen-bond donors (Lipinski definition) is 1. The molecule has 0 saturated carbocycles. The minimum atomic E-state index is -0.880. The molecule has 0 aliphatic carbocycles. The van der Waals surface area contributed by atoms with E-state index in [1.807, 2.05) is 13.8 Å². The maximum atomic E-state index is 13.1. The lowest BCUT2D eigenvalue weighted by Crippen LogP contribution is -2.27. The summed E-state index contributed by atoms with van der Waals surface area (Å²) in [6, 6.07) is 2.25. The lowest BCUT2D eigenvalue weighted by atomic mass is 9.85. The first-order valence-electron chi connectivity index (χ1n) is 4.35. The molecule has 2 N–H and O–H groups in total. The van der Waals surface area contributed by atoms with Crippen LogP contribution in [-0.4, -0.2) is 6.61 Å². The summed E-state index contributed by atoms with van der Waals surface area (Å²) < 4.78 is 26.4. The van der Waals surface area contributed by atoms with Gasteiger partial charge in [-0.05, 0) is 17.7 Å². The van der Waals surface area contributed by atoms with Gasteiger partial charge >= 0.3 is 0 Å². The number of halogens is 3. The molecule has 0 heterocycles. The Morgan fingerprint density at radius 1 is 1.33 bits per heavy atom. The molecule has 1 rings (SSSR count). The van der Waals surface area contributed by atoms with E-state index >= 15 is 0 Å². The molecular weight excluding hydrogens is 268 g/mol. The van der Waals surface area contributed by atoms with Crippen LogP contribution in [0.5, 0.6) is 0 Å². The highest BCUT2D eigenvalue weighted by atomic mass is 79.9. The molecule has 0 spiro atoms. The molecule has 0 aliphatic heterocycles. The van der Waals surface area contributed by atoms with Crippen LogP contribution in [0.4, 0.5) is 8.78 Å². The van der Waals surface area contributed by atoms with Gasteiger partial charge in [-0.1, -0.05) is 29.8 Å². The van der Waals surface area contributed by atoms with Crippen LogP contribution in [0.2, 0.25) is 0 Å². The van der Waals surface area contributed by atoms with Crippen molar-refractivity contribution in [1.29, 1.82) is 0 Å². The average Bonchev–Trinajstić information content (AvgIpc) is 2.11. The molecule has 0 aromatic heterocycles. The SMILES string of the molecule is CC(C)(CON)c1cc(F)c(F)cc1Br. The molecule has 0 radical (unpaired) electrons. The number of hydrogen-bond acceptors (Lipinski definition) is 2. The number of benzene rings is 1. The molecular formula is C10H12BrF2NO. The molecule has 1 aromatic rings. The van der Waals surface area contributed by atoms with Gasteiger partial charge in [0.15, 0.2) is 11.6 Å². The van der Waals surface area contributed by atoms with Crippen molar-refractivity contribution in [1.82, 2.24) is 0 Å². The molecule has 84 valence electrons. The van der Waals surface area contributed by atoms with Gasteiger partial charge in [0.2, 0.25) is 0 Å². The summed E-state index contributed by atoms with van der Waals surface area (Å²) in [5, 5.41) is 0. The molecule has 1 aromatic carbocycles. The summed E-state index contributed by atoms with van der Waals surface area (Å²) in [6.07, 6.45) is 0. The van der Waals surface area contributed by atoms with Crippen LogP contribution in [0.15, 0.2) is 16.6 Å². The van der Waals surface area contributed by atoms with Crippen molar-refractivity contribution in [3.05, 3.63) is 33.8 Å². The molecule has 0 fully saturated rings. The Bertz CT molecular complexity index is 369. The minimum absolute atomic E-state index is 0.219. The molecule has 15 heavy (non-hydrogen) atoms. The highest BCUT2D eigenvalue weighted by Gasteiger charge is 2.25. The van der Waals surface area contributed by atoms with E-state index in [0.717, 1.165) is 12.1 Å². The van der Waals surface area contributed by atoms with Gasteiger partial charge in [0.05, 0.1) is 6.61 Å². The normalized spacial score (nSPS) is 11.9. The predicted octanol–water partition coefficient (Wildman–Crippen LogP) is 2.90. The zero-order chi connectivity index (χ0) is 11.6. The van der Waals surface area contributed by atoms with Gasteiger partial charge < -0.3 is 4.84 Å². The summed E-state index contributed by atoms with van der Waals surface area (Å²) in [5.41, 5.74) is 0.133. The van der Waals surface area contributed by atoms with E-state index in [9.17, 15) is 8.78 Å². The van der Waals surface area contributed by atoms with Crippen LogP contribution in [-0.2, 0) is 10.3 Å². The van der Waals surface area contributed by atoms with Gasteiger partial charge in [-0.25, -0.2) is 14.7 Å². The Kier molecular flexibility index (Phi) is 3.81. The number of nitrogens with two attached hydrogens (primary N) is 1. The highest BCUT2D eigenvalue weighted by molar-refractivity contribution is 9.10. The molecule has 0 unspecified atom stereocenters. The second kappa shape index (κ2) is 4.55. The first kappa shape index (κ1) is 12.5. The van der Waals surface area contributed by atoms with Crippen LogP contribution in [0.1, 0.15) is 19.4 Å². The third kappa shape index (κ3) is 2.74. The summed E-state index contributed by atoms with van der Waals surface area (Å²) in [7, 11) is 0. The smallest absolute Gasteiger partial charge is 0.159 e. The van der Waals surface area contributed by atoms with Gasteiger partial charge in [0.25, 0.3) is 0 Å². The monoisotopic (exact) mass is 279 g/mol. The van der Waals surface area contributed by atoms with Crippen LogP contribution in [0, 0.1) is 11.6 Å². The summed E-state index contributed by atoms with van der Waals surface area (Å²) in [4.78, 5) is 4.55. The number of rotatable bonds is 3. The van der Waals surface area contributed by atoms with Crippen molar-refractivity contribution >= 4 is 15.9 Å². The Hall–Kier alpha value is -0.520. The molecule has 2 nitrogen and oxygen atoms in total. The zero-order valence-electron chi connectivity index (χ0n) is 8.48. The quantitative estimate of drug-likeness (QED) is 0.682. The second-order valence-corrected chi connectivity index (χ2v) is 4.80. The third-order valence-electron chi connectivity index (χ3n) is 2.18. The van der Waals surface area contributed by atoms with E-state index in [4.69, 9.17) is 5.90 Å². The van der Waals surface area contributed by atoms with Crippen LogP contribution in [0.3, 0.4) is 0 Å². The molecule has 0 bridgehead atoms. The largest absolute Gasteiger partial charge is 0.304 e. The lowest BCUT2D eigenvalue weighted by Gasteiger charge is -2.25. The lowest BCUT2D eigenvalue weighted by molar-refractivity contribution is 0.0960. The maximum Gasteiger partial charge on any atom is 0.159 e. The molecule has 0 saturated heterocycles. The Balaban J connectivity index is 3.19. The van der Waals surface area contributed by atoms with Crippen molar-refractivity contribution in [3.63, 3.8) is 0 Å². The van der Waals surface area contributed by atoms with Crippen molar-refractivity contribution < 1.29 is 13.6 Å². The van der Waals surface area contributed by atoms with E-state index in [1.54, 1.807) is 0 Å². The standard InChI is InChI=1S/C10H12BrF2NO/c1-10(2,5-15-14)6-3-8(12)9(13)4-7(6)11/h3-4H,5,14H2,1-2H3. The fourth-order valence-electron chi connectivity index (χ4n) is 1.33. The Morgan fingerprint density at radius 2 is 1.87 bits per heavy atom. The van der Waals surface area contributed by atoms with Crippen molar-refractivity contribution in [2.24, 2.45) is 5.90 Å². The van der Waals surface area contributed by atoms with Crippen molar-refractivity contribution in [2.45, 2.75) is 19.3 Å². The van der Waals surface area contributed by atoms with Gasteiger partial charge in [-0.3, -0.25) is 0 Å². The average molecular weight is 280 g/mol. The van der Waals surface area contributed by atoms with Crippen molar-refractivity contribution in [3.8, 4) is 0 Å². The predicted molar refractivity (Wildman–Crippen MR) is 57.2 cm³/mol. The molecule has 0 atom stereocenters. The highest BCUT2D eigenvalue weighted by Crippen LogP contribution is 2.31. The fraction of sp³-hybridized carbons (Fsp3) is 0.400. The first-order chi connectivity index (χ1) is 6.88. The van der Waals surface area contributed by atoms with Crippen LogP contribution < -0.4 is 5.90 Å². The second-order valence-electron chi connectivity index (χ2n) is 3.94. The van der Waals surface area contributed by atoms with Crippen LogP contribution >= 0.6 is 15.9 Å². The minimum Gasteiger partial charge on any atom is -0.304 e. The van der Waals surface area contributed by atoms with Gasteiger partial charge in [-0.15, -0.1) is 0 Å². The molecule has 0 amide bonds. The van der Waals surface area contributed by atoms with Gasteiger partial charge in [0, 0.05) is 9.89 Å². The molecule has 5 heteroatoms. The van der Waals surface area contributed by atoms with E-state index < -0.39 is 17.0 Å². The Morgan fingerprint density at radius 3 is 2.40 bits per heavy atom. The topological polar surface area (TPSA) is 35.2 Å². The summed E-state index contributed by atoms with van der Waals surface area (Å²) in [5.74, 6) is 3.23. The van der Waals surface area contributed by atoms with Crippen LogP contribution in [0.25, 0.3) is 0 Å². The van der Waals surface area contributed by atoms with Gasteiger partial charge in [0.1, 0.15) is 0 Å². The van der Waals surface area contributed by atoms with E-state index in [0.29, 0.717) is 10.0 Å². The molecule has 0 aliphatic rings. The fourth-order valence-corrected chi connectivity index (χ4v) is 2.18. The third-order valence-corrected chi connectivity index (χ3v) is 2.84. The van der Waals surface area contributed by atoms with Crippen molar-refractivity contribution in [2.75, 3.05) is 6.61 Å². The maximum absolute atomic E-state index is 13.1. The van der Waals surface area contributed by atoms with E-state index in [-0.39, 0.29) is 6.61 Å².